The van der Waals surface area contributed by atoms with Crippen molar-refractivity contribution in [2.75, 3.05) is 72.1 Å². The van der Waals surface area contributed by atoms with E-state index in [1.165, 1.54) is 13.0 Å². The van der Waals surface area contributed by atoms with E-state index in [9.17, 15) is 5.11 Å². The second-order valence-electron chi connectivity index (χ2n) is 7.51. The highest BCUT2D eigenvalue weighted by Gasteiger charge is 2.25. The van der Waals surface area contributed by atoms with Crippen LogP contribution in [-0.4, -0.2) is 98.6 Å². The molecule has 2 rings (SSSR count). The van der Waals surface area contributed by atoms with Crippen molar-refractivity contribution in [3.8, 4) is 0 Å². The lowest BCUT2D eigenvalue weighted by Gasteiger charge is -2.33. The van der Waals surface area contributed by atoms with Gasteiger partial charge in [0.1, 0.15) is 0 Å². The molecule has 0 amide bonds. The van der Waals surface area contributed by atoms with E-state index in [0.717, 1.165) is 58.4 Å². The van der Waals surface area contributed by atoms with Crippen LogP contribution in [0, 0.1) is 5.92 Å². The monoisotopic (exact) mass is 355 g/mol. The first-order valence-corrected chi connectivity index (χ1v) is 9.79. The molecule has 3 N–H and O–H groups in total. The Labute approximate surface area is 152 Å². The van der Waals surface area contributed by atoms with E-state index >= 15 is 0 Å². The highest BCUT2D eigenvalue weighted by Crippen LogP contribution is 2.14. The Morgan fingerprint density at radius 2 is 1.96 bits per heavy atom. The van der Waals surface area contributed by atoms with E-state index in [4.69, 9.17) is 4.74 Å². The van der Waals surface area contributed by atoms with Gasteiger partial charge in [-0.05, 0) is 39.3 Å². The zero-order chi connectivity index (χ0) is 18.1. The Kier molecular flexibility index (Phi) is 8.42. The van der Waals surface area contributed by atoms with Gasteiger partial charge in [0, 0.05) is 39.3 Å². The molecule has 2 unspecified atom stereocenters. The largest absolute Gasteiger partial charge is 0.387 e. The molecule has 7 heteroatoms. The molecule has 0 spiro atoms. The molecule has 0 aromatic carbocycles. The number of nitrogens with one attached hydrogen (secondary N) is 2. The number of likely N-dealkylation sites (tertiary alicyclic amines) is 1. The number of ether oxygens (including phenoxy) is 1. The van der Waals surface area contributed by atoms with Gasteiger partial charge in [-0.15, -0.1) is 0 Å². The van der Waals surface area contributed by atoms with Gasteiger partial charge in [0.25, 0.3) is 0 Å². The molecule has 0 bridgehead atoms. The molecule has 146 valence electrons. The van der Waals surface area contributed by atoms with E-state index in [0.29, 0.717) is 19.0 Å². The van der Waals surface area contributed by atoms with Gasteiger partial charge < -0.3 is 25.4 Å². The molecule has 2 heterocycles. The first-order chi connectivity index (χ1) is 12.0. The molecule has 0 saturated carbocycles. The zero-order valence-electron chi connectivity index (χ0n) is 16.3. The summed E-state index contributed by atoms with van der Waals surface area (Å²) in [5.41, 5.74) is -0.827. The summed E-state index contributed by atoms with van der Waals surface area (Å²) in [5, 5.41) is 17.4. The van der Waals surface area contributed by atoms with Gasteiger partial charge in [-0.3, -0.25) is 9.89 Å². The first kappa shape index (κ1) is 20.4. The van der Waals surface area contributed by atoms with Crippen molar-refractivity contribution < 1.29 is 9.84 Å². The fourth-order valence-electron chi connectivity index (χ4n) is 3.49. The summed E-state index contributed by atoms with van der Waals surface area (Å²) in [7, 11) is 0. The van der Waals surface area contributed by atoms with Gasteiger partial charge in [-0.2, -0.15) is 0 Å². The van der Waals surface area contributed by atoms with Crippen LogP contribution in [0.4, 0.5) is 0 Å². The van der Waals surface area contributed by atoms with Crippen LogP contribution in [0.15, 0.2) is 4.99 Å². The number of guanidine groups is 1. The van der Waals surface area contributed by atoms with Crippen LogP contribution < -0.4 is 10.6 Å². The van der Waals surface area contributed by atoms with Crippen LogP contribution >= 0.6 is 0 Å². The molecule has 25 heavy (non-hydrogen) atoms. The molecular formula is C18H37N5O2. The van der Waals surface area contributed by atoms with Crippen molar-refractivity contribution in [1.82, 2.24) is 20.4 Å². The second kappa shape index (κ2) is 10.3. The van der Waals surface area contributed by atoms with Gasteiger partial charge in [0.2, 0.25) is 0 Å². The Balaban J connectivity index is 1.78. The number of hydrogen-bond acceptors (Lipinski definition) is 5. The Bertz CT molecular complexity index is 410. The Morgan fingerprint density at radius 1 is 1.20 bits per heavy atom. The summed E-state index contributed by atoms with van der Waals surface area (Å²) in [6.45, 7) is 15.7. The minimum Gasteiger partial charge on any atom is -0.387 e. The minimum absolute atomic E-state index is 0.394. The van der Waals surface area contributed by atoms with Crippen molar-refractivity contribution in [3.05, 3.63) is 0 Å². The number of β-amino-alcohol motifs (C(OH)–C–C–N with tert-alkyl or cyclic N) is 1. The molecule has 0 aliphatic carbocycles. The molecule has 2 aliphatic heterocycles. The van der Waals surface area contributed by atoms with Gasteiger partial charge in [-0.1, -0.05) is 6.92 Å². The van der Waals surface area contributed by atoms with Gasteiger partial charge in [-0.25, -0.2) is 0 Å². The number of hydrogen-bond donors (Lipinski definition) is 3. The first-order valence-electron chi connectivity index (χ1n) is 9.79. The number of aliphatic hydroxyl groups is 1. The average Bonchev–Trinajstić information content (AvgIpc) is 3.06. The van der Waals surface area contributed by atoms with Crippen molar-refractivity contribution >= 4 is 5.96 Å². The summed E-state index contributed by atoms with van der Waals surface area (Å²) in [4.78, 5) is 9.36. The van der Waals surface area contributed by atoms with Crippen molar-refractivity contribution in [2.24, 2.45) is 10.9 Å². The van der Waals surface area contributed by atoms with Crippen molar-refractivity contribution in [3.63, 3.8) is 0 Å². The highest BCUT2D eigenvalue weighted by molar-refractivity contribution is 5.79. The van der Waals surface area contributed by atoms with Crippen molar-refractivity contribution in [2.45, 2.75) is 32.8 Å². The summed E-state index contributed by atoms with van der Waals surface area (Å²) >= 11 is 0. The zero-order valence-corrected chi connectivity index (χ0v) is 16.3. The Morgan fingerprint density at radius 3 is 2.60 bits per heavy atom. The lowest BCUT2D eigenvalue weighted by atomic mass is 10.1. The Hall–Kier alpha value is -0.890. The summed E-state index contributed by atoms with van der Waals surface area (Å²) in [6.07, 6.45) is 1.25. The molecule has 2 atom stereocenters. The van der Waals surface area contributed by atoms with E-state index < -0.39 is 5.60 Å². The SMILES string of the molecule is CCNC(=NCC(C)(O)CN1CCOCC1)NCC1CCN(CC)C1. The normalized spacial score (nSPS) is 25.8. The molecule has 0 aromatic heterocycles. The van der Waals surface area contributed by atoms with E-state index in [2.05, 4.69) is 39.3 Å². The standard InChI is InChI=1S/C18H37N5O2/c1-4-19-17(20-12-16-6-7-22(5-2)13-16)21-14-18(3,24)15-23-8-10-25-11-9-23/h16,24H,4-15H2,1-3H3,(H2,19,20,21). The molecule has 2 fully saturated rings. The fourth-order valence-corrected chi connectivity index (χ4v) is 3.49. The predicted octanol–water partition coefficient (Wildman–Crippen LogP) is -0.0335. The van der Waals surface area contributed by atoms with Gasteiger partial charge >= 0.3 is 0 Å². The summed E-state index contributed by atoms with van der Waals surface area (Å²) < 4.78 is 5.37. The van der Waals surface area contributed by atoms with Crippen LogP contribution in [0.2, 0.25) is 0 Å². The fraction of sp³-hybridized carbons (Fsp3) is 0.944. The maximum absolute atomic E-state index is 10.7. The molecule has 2 aliphatic rings. The maximum atomic E-state index is 10.7. The smallest absolute Gasteiger partial charge is 0.191 e. The molecule has 0 aromatic rings. The van der Waals surface area contributed by atoms with Crippen LogP contribution in [0.5, 0.6) is 0 Å². The van der Waals surface area contributed by atoms with E-state index in [-0.39, 0.29) is 0 Å². The van der Waals surface area contributed by atoms with Crippen molar-refractivity contribution in [1.29, 1.82) is 0 Å². The molecule has 7 nitrogen and oxygen atoms in total. The third-order valence-corrected chi connectivity index (χ3v) is 4.97. The van der Waals surface area contributed by atoms with Gasteiger partial charge in [0.05, 0.1) is 25.4 Å². The quantitative estimate of drug-likeness (QED) is 0.419. The number of morpholine rings is 1. The lowest BCUT2D eigenvalue weighted by molar-refractivity contribution is -0.0180. The topological polar surface area (TPSA) is 72.4 Å². The summed E-state index contributed by atoms with van der Waals surface area (Å²) in [6, 6.07) is 0. The number of nitrogens with zero attached hydrogens (tertiary/aromatic N) is 3. The molecular weight excluding hydrogens is 318 g/mol. The molecule has 2 saturated heterocycles. The maximum Gasteiger partial charge on any atom is 0.191 e. The van der Waals surface area contributed by atoms with Crippen LogP contribution in [0.25, 0.3) is 0 Å². The van der Waals surface area contributed by atoms with Gasteiger partial charge in [0.15, 0.2) is 5.96 Å². The van der Waals surface area contributed by atoms with Crippen LogP contribution in [0.3, 0.4) is 0 Å². The third kappa shape index (κ3) is 7.48. The predicted molar refractivity (Wildman–Crippen MR) is 102 cm³/mol. The number of aliphatic imine (C=N–C) groups is 1. The lowest BCUT2D eigenvalue weighted by Crippen LogP contribution is -2.48. The number of rotatable bonds is 8. The third-order valence-electron chi connectivity index (χ3n) is 4.97. The second-order valence-corrected chi connectivity index (χ2v) is 7.51. The summed E-state index contributed by atoms with van der Waals surface area (Å²) in [5.74, 6) is 1.48. The van der Waals surface area contributed by atoms with Crippen LogP contribution in [-0.2, 0) is 4.74 Å². The van der Waals surface area contributed by atoms with E-state index in [1.54, 1.807) is 0 Å². The minimum atomic E-state index is -0.827. The highest BCUT2D eigenvalue weighted by atomic mass is 16.5. The van der Waals surface area contributed by atoms with E-state index in [1.807, 2.05) is 6.92 Å². The van der Waals surface area contributed by atoms with Crippen LogP contribution in [0.1, 0.15) is 27.2 Å². The average molecular weight is 356 g/mol. The molecule has 0 radical (unpaired) electrons.